The number of rotatable bonds is 3. The minimum Gasteiger partial charge on any atom is -0.348 e. The number of thiazole rings is 1. The number of thiophene rings is 1. The van der Waals surface area contributed by atoms with Gasteiger partial charge >= 0.3 is 0 Å². The molecule has 0 aliphatic carbocycles. The molecule has 5 heteroatoms. The highest BCUT2D eigenvalue weighted by Crippen LogP contribution is 2.35. The first kappa shape index (κ1) is 11.9. The Kier molecular flexibility index (Phi) is 3.43. The number of carbonyl (C=O) groups is 1. The van der Waals surface area contributed by atoms with E-state index in [2.05, 4.69) is 9.88 Å². The second kappa shape index (κ2) is 5.20. The number of hydrogen-bond acceptors (Lipinski definition) is 5. The average molecular weight is 278 g/mol. The number of anilines is 1. The van der Waals surface area contributed by atoms with Crippen LogP contribution in [0.4, 0.5) is 5.13 Å². The molecule has 94 valence electrons. The molecule has 3 heterocycles. The molecule has 0 amide bonds. The van der Waals surface area contributed by atoms with Crippen molar-refractivity contribution >= 4 is 34.1 Å². The molecule has 3 nitrogen and oxygen atoms in total. The van der Waals surface area contributed by atoms with E-state index >= 15 is 0 Å². The second-order valence-corrected chi connectivity index (χ2v) is 6.31. The normalized spacial score (nSPS) is 15.9. The zero-order valence-electron chi connectivity index (χ0n) is 9.96. The van der Waals surface area contributed by atoms with Crippen molar-refractivity contribution in [3.05, 3.63) is 22.4 Å². The van der Waals surface area contributed by atoms with Gasteiger partial charge in [-0.15, -0.1) is 11.3 Å². The third kappa shape index (κ3) is 2.20. The lowest BCUT2D eigenvalue weighted by atomic mass is 10.1. The standard InChI is InChI=1S/C13H14N2OS2/c16-9-11-12(10-5-4-8-17-10)14-13(18-11)15-6-2-1-3-7-15/h4-5,8-9H,1-3,6-7H2. The van der Waals surface area contributed by atoms with Gasteiger partial charge in [-0.1, -0.05) is 17.4 Å². The van der Waals surface area contributed by atoms with Crippen LogP contribution in [0.2, 0.25) is 0 Å². The van der Waals surface area contributed by atoms with Crippen molar-refractivity contribution in [3.8, 4) is 10.6 Å². The van der Waals surface area contributed by atoms with E-state index in [0.717, 1.165) is 40.0 Å². The lowest BCUT2D eigenvalue weighted by Gasteiger charge is -2.25. The predicted molar refractivity (Wildman–Crippen MR) is 76.9 cm³/mol. The van der Waals surface area contributed by atoms with Crippen LogP contribution in [0.3, 0.4) is 0 Å². The fourth-order valence-electron chi connectivity index (χ4n) is 2.21. The van der Waals surface area contributed by atoms with Gasteiger partial charge in [-0.2, -0.15) is 0 Å². The van der Waals surface area contributed by atoms with Gasteiger partial charge in [0.25, 0.3) is 0 Å². The zero-order valence-corrected chi connectivity index (χ0v) is 11.6. The third-order valence-electron chi connectivity index (χ3n) is 3.13. The van der Waals surface area contributed by atoms with Gasteiger partial charge < -0.3 is 4.90 Å². The van der Waals surface area contributed by atoms with Gasteiger partial charge in [-0.3, -0.25) is 4.79 Å². The minimum absolute atomic E-state index is 0.748. The SMILES string of the molecule is O=Cc1sc(N2CCCCC2)nc1-c1cccs1. The number of piperidine rings is 1. The molecule has 3 rings (SSSR count). The van der Waals surface area contributed by atoms with Crippen molar-refractivity contribution in [1.82, 2.24) is 4.98 Å². The van der Waals surface area contributed by atoms with Gasteiger partial charge in [0.05, 0.1) is 9.75 Å². The fourth-order valence-corrected chi connectivity index (χ4v) is 3.95. The lowest BCUT2D eigenvalue weighted by molar-refractivity contribution is 0.112. The summed E-state index contributed by atoms with van der Waals surface area (Å²) in [6.45, 7) is 2.13. The number of nitrogens with zero attached hydrogens (tertiary/aromatic N) is 2. The summed E-state index contributed by atoms with van der Waals surface area (Å²) in [5, 5.41) is 3.02. The van der Waals surface area contributed by atoms with Gasteiger partial charge in [-0.25, -0.2) is 4.98 Å². The maximum Gasteiger partial charge on any atom is 0.186 e. The molecule has 2 aromatic heterocycles. The van der Waals surface area contributed by atoms with Crippen molar-refractivity contribution in [2.75, 3.05) is 18.0 Å². The van der Waals surface area contributed by atoms with Gasteiger partial charge in [-0.05, 0) is 30.7 Å². The molecular weight excluding hydrogens is 264 g/mol. The van der Waals surface area contributed by atoms with Crippen molar-refractivity contribution in [3.63, 3.8) is 0 Å². The molecule has 1 aliphatic rings. The summed E-state index contributed by atoms with van der Waals surface area (Å²) < 4.78 is 0. The Bertz CT molecular complexity index is 527. The summed E-state index contributed by atoms with van der Waals surface area (Å²) in [6, 6.07) is 4.02. The molecule has 0 N–H and O–H groups in total. The van der Waals surface area contributed by atoms with E-state index in [1.807, 2.05) is 17.5 Å². The van der Waals surface area contributed by atoms with Gasteiger partial charge in [0.2, 0.25) is 0 Å². The van der Waals surface area contributed by atoms with Crippen LogP contribution in [-0.4, -0.2) is 24.4 Å². The van der Waals surface area contributed by atoms with Crippen molar-refractivity contribution in [2.45, 2.75) is 19.3 Å². The van der Waals surface area contributed by atoms with Crippen LogP contribution in [0.25, 0.3) is 10.6 Å². The molecule has 2 aromatic rings. The van der Waals surface area contributed by atoms with Gasteiger partial charge in [0, 0.05) is 13.1 Å². The molecule has 0 spiro atoms. The lowest BCUT2D eigenvalue weighted by Crippen LogP contribution is -2.29. The highest BCUT2D eigenvalue weighted by molar-refractivity contribution is 7.18. The van der Waals surface area contributed by atoms with Crippen LogP contribution >= 0.6 is 22.7 Å². The smallest absolute Gasteiger partial charge is 0.186 e. The van der Waals surface area contributed by atoms with Gasteiger partial charge in [0.1, 0.15) is 5.69 Å². The quantitative estimate of drug-likeness (QED) is 0.803. The topological polar surface area (TPSA) is 33.2 Å². The van der Waals surface area contributed by atoms with Crippen LogP contribution < -0.4 is 4.90 Å². The van der Waals surface area contributed by atoms with Crippen molar-refractivity contribution < 1.29 is 4.79 Å². The Morgan fingerprint density at radius 2 is 2.11 bits per heavy atom. The molecule has 0 saturated carbocycles. The highest BCUT2D eigenvalue weighted by atomic mass is 32.1. The molecule has 18 heavy (non-hydrogen) atoms. The predicted octanol–water partition coefficient (Wildman–Crippen LogP) is 3.67. The summed E-state index contributed by atoms with van der Waals surface area (Å²) in [5.41, 5.74) is 0.852. The van der Waals surface area contributed by atoms with Crippen LogP contribution in [0.5, 0.6) is 0 Å². The first-order valence-electron chi connectivity index (χ1n) is 6.13. The summed E-state index contributed by atoms with van der Waals surface area (Å²) >= 11 is 3.15. The van der Waals surface area contributed by atoms with E-state index in [1.165, 1.54) is 30.6 Å². The van der Waals surface area contributed by atoms with Crippen LogP contribution in [0.1, 0.15) is 28.9 Å². The second-order valence-electron chi connectivity index (χ2n) is 4.35. The molecular formula is C13H14N2OS2. The Hall–Kier alpha value is -1.20. The molecule has 0 radical (unpaired) electrons. The largest absolute Gasteiger partial charge is 0.348 e. The first-order chi connectivity index (χ1) is 8.88. The zero-order chi connectivity index (χ0) is 12.4. The Balaban J connectivity index is 1.95. The van der Waals surface area contributed by atoms with E-state index in [1.54, 1.807) is 11.3 Å². The third-order valence-corrected chi connectivity index (χ3v) is 5.05. The average Bonchev–Trinajstić information content (AvgIpc) is 3.08. The van der Waals surface area contributed by atoms with Gasteiger partial charge in [0.15, 0.2) is 11.4 Å². The highest BCUT2D eigenvalue weighted by Gasteiger charge is 2.19. The fraction of sp³-hybridized carbons (Fsp3) is 0.385. The van der Waals surface area contributed by atoms with Crippen molar-refractivity contribution in [1.29, 1.82) is 0 Å². The van der Waals surface area contributed by atoms with Crippen LogP contribution in [0, 0.1) is 0 Å². The molecule has 0 atom stereocenters. The summed E-state index contributed by atoms with van der Waals surface area (Å²) in [4.78, 5) is 20.0. The Morgan fingerprint density at radius 1 is 1.28 bits per heavy atom. The van der Waals surface area contributed by atoms with E-state index < -0.39 is 0 Å². The van der Waals surface area contributed by atoms with Crippen LogP contribution in [0.15, 0.2) is 17.5 Å². The summed E-state index contributed by atoms with van der Waals surface area (Å²) in [6.07, 6.45) is 4.69. The van der Waals surface area contributed by atoms with E-state index in [0.29, 0.717) is 0 Å². The molecule has 1 aliphatic heterocycles. The number of aromatic nitrogens is 1. The maximum atomic E-state index is 11.2. The number of carbonyl (C=O) groups excluding carboxylic acids is 1. The first-order valence-corrected chi connectivity index (χ1v) is 7.83. The molecule has 0 bridgehead atoms. The van der Waals surface area contributed by atoms with Crippen LogP contribution in [-0.2, 0) is 0 Å². The Labute approximate surface area is 114 Å². The maximum absolute atomic E-state index is 11.2. The number of aldehydes is 1. The minimum atomic E-state index is 0.748. The molecule has 1 fully saturated rings. The summed E-state index contributed by atoms with van der Waals surface area (Å²) in [7, 11) is 0. The van der Waals surface area contributed by atoms with E-state index in [9.17, 15) is 4.79 Å². The number of hydrogen-bond donors (Lipinski definition) is 0. The van der Waals surface area contributed by atoms with Crippen molar-refractivity contribution in [2.24, 2.45) is 0 Å². The summed E-state index contributed by atoms with van der Waals surface area (Å²) in [5.74, 6) is 0. The Morgan fingerprint density at radius 3 is 2.78 bits per heavy atom. The molecule has 0 aromatic carbocycles. The molecule has 1 saturated heterocycles. The van der Waals surface area contributed by atoms with E-state index in [4.69, 9.17) is 0 Å². The molecule has 0 unspecified atom stereocenters. The monoisotopic (exact) mass is 278 g/mol. The van der Waals surface area contributed by atoms with E-state index in [-0.39, 0.29) is 0 Å².